The van der Waals surface area contributed by atoms with Gasteiger partial charge >= 0.3 is 0 Å². The van der Waals surface area contributed by atoms with Gasteiger partial charge in [0.1, 0.15) is 10.0 Å². The molecule has 0 atom stereocenters. The van der Waals surface area contributed by atoms with E-state index in [2.05, 4.69) is 19.6 Å². The van der Waals surface area contributed by atoms with Crippen molar-refractivity contribution in [3.05, 3.63) is 47.6 Å². The van der Waals surface area contributed by atoms with Crippen LogP contribution in [0.1, 0.15) is 12.2 Å². The van der Waals surface area contributed by atoms with Crippen LogP contribution in [0.25, 0.3) is 11.0 Å². The van der Waals surface area contributed by atoms with Crippen LogP contribution in [0.4, 0.5) is 0 Å². The monoisotopic (exact) mass is 392 g/mol. The average Bonchev–Trinajstić information content (AvgIpc) is 3.24. The van der Waals surface area contributed by atoms with Crippen LogP contribution in [0, 0.1) is 6.92 Å². The second-order valence-electron chi connectivity index (χ2n) is 5.73. The predicted molar refractivity (Wildman–Crippen MR) is 102 cm³/mol. The van der Waals surface area contributed by atoms with Crippen molar-refractivity contribution in [3.63, 3.8) is 0 Å². The van der Waals surface area contributed by atoms with Crippen LogP contribution >= 0.6 is 11.3 Å². The molecule has 2 heterocycles. The summed E-state index contributed by atoms with van der Waals surface area (Å²) in [6.45, 7) is 3.07. The third-order valence-electron chi connectivity index (χ3n) is 3.91. The molecule has 1 amide bonds. The topological polar surface area (TPSA) is 93.1 Å². The molecule has 7 nitrogen and oxygen atoms in total. The number of benzene rings is 1. The smallest absolute Gasteiger partial charge is 0.250 e. The number of thiophene rings is 1. The lowest BCUT2D eigenvalue weighted by Crippen LogP contribution is -2.32. The van der Waals surface area contributed by atoms with Gasteiger partial charge in [0.15, 0.2) is 0 Å². The van der Waals surface area contributed by atoms with Gasteiger partial charge in [0.2, 0.25) is 15.9 Å². The van der Waals surface area contributed by atoms with Crippen LogP contribution in [0.3, 0.4) is 0 Å². The number of amides is 1. The van der Waals surface area contributed by atoms with Gasteiger partial charge in [-0.2, -0.15) is 0 Å². The number of hydrogen-bond donors (Lipinski definition) is 2. The van der Waals surface area contributed by atoms with E-state index in [0.29, 0.717) is 13.1 Å². The number of aromatic nitrogens is 2. The lowest BCUT2D eigenvalue weighted by molar-refractivity contribution is -0.120. The summed E-state index contributed by atoms with van der Waals surface area (Å²) in [6, 6.07) is 11.1. The Balaban J connectivity index is 1.45. The van der Waals surface area contributed by atoms with Crippen molar-refractivity contribution in [2.75, 3.05) is 13.1 Å². The summed E-state index contributed by atoms with van der Waals surface area (Å²) >= 11 is 1.14. The molecule has 3 rings (SSSR count). The SMILES string of the molecule is Cc1nc2ccccc2n1CCNC(=O)CCNS(=O)(=O)c1cccs1. The van der Waals surface area contributed by atoms with E-state index in [1.807, 2.05) is 31.2 Å². The average molecular weight is 393 g/mol. The van der Waals surface area contributed by atoms with Gasteiger partial charge in [0, 0.05) is 26.1 Å². The van der Waals surface area contributed by atoms with Crippen LogP contribution in [0.2, 0.25) is 0 Å². The molecule has 0 saturated heterocycles. The Labute approximate surface area is 156 Å². The van der Waals surface area contributed by atoms with Crippen LogP contribution in [0.15, 0.2) is 46.0 Å². The Morgan fingerprint density at radius 2 is 2.00 bits per heavy atom. The second kappa shape index (κ2) is 7.98. The molecule has 138 valence electrons. The minimum Gasteiger partial charge on any atom is -0.354 e. The first-order valence-corrected chi connectivity index (χ1v) is 10.6. The Bertz CT molecular complexity index is 994. The molecule has 3 aromatic rings. The molecule has 0 unspecified atom stereocenters. The third-order valence-corrected chi connectivity index (χ3v) is 6.77. The van der Waals surface area contributed by atoms with Crippen molar-refractivity contribution >= 4 is 38.3 Å². The lowest BCUT2D eigenvalue weighted by Gasteiger charge is -2.09. The fourth-order valence-electron chi connectivity index (χ4n) is 2.66. The number of fused-ring (bicyclic) bond motifs is 1. The van der Waals surface area contributed by atoms with E-state index in [1.165, 1.54) is 6.07 Å². The summed E-state index contributed by atoms with van der Waals surface area (Å²) < 4.78 is 28.7. The first-order valence-electron chi connectivity index (χ1n) is 8.19. The summed E-state index contributed by atoms with van der Waals surface area (Å²) in [7, 11) is -3.52. The summed E-state index contributed by atoms with van der Waals surface area (Å²) in [4.78, 5) is 16.4. The molecule has 0 saturated carbocycles. The Morgan fingerprint density at radius 1 is 1.19 bits per heavy atom. The number of aryl methyl sites for hydroxylation is 1. The van der Waals surface area contributed by atoms with Gasteiger partial charge in [-0.25, -0.2) is 18.1 Å². The molecule has 0 spiro atoms. The minimum atomic E-state index is -3.52. The van der Waals surface area contributed by atoms with Crippen LogP contribution in [0.5, 0.6) is 0 Å². The molecule has 1 aromatic carbocycles. The zero-order chi connectivity index (χ0) is 18.6. The molecule has 0 fully saturated rings. The van der Waals surface area contributed by atoms with Crippen molar-refractivity contribution in [2.45, 2.75) is 24.1 Å². The van der Waals surface area contributed by atoms with E-state index in [1.54, 1.807) is 11.4 Å². The second-order valence-corrected chi connectivity index (χ2v) is 8.67. The molecule has 2 aromatic heterocycles. The van der Waals surface area contributed by atoms with Gasteiger partial charge in [-0.1, -0.05) is 18.2 Å². The Hall–Kier alpha value is -2.23. The van der Waals surface area contributed by atoms with Gasteiger partial charge in [0.25, 0.3) is 0 Å². The van der Waals surface area contributed by atoms with E-state index >= 15 is 0 Å². The number of nitrogens with zero attached hydrogens (tertiary/aromatic N) is 2. The number of carbonyl (C=O) groups is 1. The maximum Gasteiger partial charge on any atom is 0.250 e. The standard InChI is InChI=1S/C17H20N4O3S2/c1-13-20-14-5-2-3-6-15(14)21(13)11-10-18-16(22)8-9-19-26(23,24)17-7-4-12-25-17/h2-7,12,19H,8-11H2,1H3,(H,18,22). The molecule has 0 radical (unpaired) electrons. The fourth-order valence-corrected chi connectivity index (χ4v) is 4.73. The molecule has 26 heavy (non-hydrogen) atoms. The van der Waals surface area contributed by atoms with E-state index in [4.69, 9.17) is 0 Å². The summed E-state index contributed by atoms with van der Waals surface area (Å²) in [6.07, 6.45) is 0.0915. The maximum atomic E-state index is 12.0. The fraction of sp³-hybridized carbons (Fsp3) is 0.294. The van der Waals surface area contributed by atoms with Crippen LogP contribution < -0.4 is 10.0 Å². The molecular weight excluding hydrogens is 372 g/mol. The number of hydrogen-bond acceptors (Lipinski definition) is 5. The molecular formula is C17H20N4O3S2. The van der Waals surface area contributed by atoms with Crippen molar-refractivity contribution < 1.29 is 13.2 Å². The summed E-state index contributed by atoms with van der Waals surface area (Å²) in [5.41, 5.74) is 1.96. The number of sulfonamides is 1. The van der Waals surface area contributed by atoms with Gasteiger partial charge in [-0.05, 0) is 30.5 Å². The highest BCUT2D eigenvalue weighted by atomic mass is 32.2. The highest BCUT2D eigenvalue weighted by Crippen LogP contribution is 2.15. The maximum absolute atomic E-state index is 12.0. The summed E-state index contributed by atoms with van der Waals surface area (Å²) in [5.74, 6) is 0.699. The number of nitrogens with one attached hydrogen (secondary N) is 2. The number of imidazole rings is 1. The quantitative estimate of drug-likeness (QED) is 0.612. The zero-order valence-corrected chi connectivity index (χ0v) is 15.9. The lowest BCUT2D eigenvalue weighted by atomic mass is 10.3. The molecule has 0 aliphatic heterocycles. The third kappa shape index (κ3) is 4.29. The molecule has 9 heteroatoms. The van der Waals surface area contributed by atoms with Gasteiger partial charge in [0.05, 0.1) is 11.0 Å². The highest BCUT2D eigenvalue weighted by molar-refractivity contribution is 7.91. The molecule has 2 N–H and O–H groups in total. The van der Waals surface area contributed by atoms with Gasteiger partial charge in [-0.15, -0.1) is 11.3 Å². The van der Waals surface area contributed by atoms with Gasteiger partial charge < -0.3 is 9.88 Å². The number of para-hydroxylation sites is 2. The summed E-state index contributed by atoms with van der Waals surface area (Å²) in [5, 5.41) is 4.51. The Kier molecular flexibility index (Phi) is 5.70. The van der Waals surface area contributed by atoms with Crippen molar-refractivity contribution in [1.82, 2.24) is 19.6 Å². The van der Waals surface area contributed by atoms with E-state index in [9.17, 15) is 13.2 Å². The zero-order valence-electron chi connectivity index (χ0n) is 14.3. The van der Waals surface area contributed by atoms with Crippen LogP contribution in [-0.2, 0) is 21.4 Å². The molecule has 0 bridgehead atoms. The largest absolute Gasteiger partial charge is 0.354 e. The van der Waals surface area contributed by atoms with Crippen molar-refractivity contribution in [2.24, 2.45) is 0 Å². The van der Waals surface area contributed by atoms with Crippen molar-refractivity contribution in [1.29, 1.82) is 0 Å². The van der Waals surface area contributed by atoms with E-state index in [-0.39, 0.29) is 23.1 Å². The van der Waals surface area contributed by atoms with Crippen molar-refractivity contribution in [3.8, 4) is 0 Å². The molecule has 0 aliphatic rings. The minimum absolute atomic E-state index is 0.0686. The molecule has 0 aliphatic carbocycles. The highest BCUT2D eigenvalue weighted by Gasteiger charge is 2.15. The number of carbonyl (C=O) groups excluding carboxylic acids is 1. The predicted octanol–water partition coefficient (Wildman–Crippen LogP) is 1.89. The first-order chi connectivity index (χ1) is 12.5. The van der Waals surface area contributed by atoms with Gasteiger partial charge in [-0.3, -0.25) is 4.79 Å². The van der Waals surface area contributed by atoms with E-state index < -0.39 is 10.0 Å². The Morgan fingerprint density at radius 3 is 2.77 bits per heavy atom. The normalized spacial score (nSPS) is 11.7. The first kappa shape index (κ1) is 18.6. The van der Waals surface area contributed by atoms with Crippen LogP contribution in [-0.4, -0.2) is 37.0 Å². The number of rotatable bonds is 8. The van der Waals surface area contributed by atoms with E-state index in [0.717, 1.165) is 28.2 Å².